The Kier molecular flexibility index (Phi) is 5.06. The van der Waals surface area contributed by atoms with Crippen LogP contribution < -0.4 is 5.32 Å². The van der Waals surface area contributed by atoms with Gasteiger partial charge in [-0.3, -0.25) is 0 Å². The number of sulfonamides is 1. The monoisotopic (exact) mass is 356 g/mol. The third kappa shape index (κ3) is 3.10. The van der Waals surface area contributed by atoms with E-state index in [2.05, 4.69) is 5.32 Å². The van der Waals surface area contributed by atoms with Crippen LogP contribution in [-0.2, 0) is 10.0 Å². The minimum atomic E-state index is -4.17. The third-order valence-electron chi connectivity index (χ3n) is 4.08. The number of nitrogens with one attached hydrogen (secondary N) is 1. The van der Waals surface area contributed by atoms with Gasteiger partial charge in [0, 0.05) is 31.2 Å². The molecule has 2 bridgehead atoms. The van der Waals surface area contributed by atoms with Crippen LogP contribution in [-0.4, -0.2) is 37.9 Å². The maximum Gasteiger partial charge on any atom is 0.246 e. The molecule has 2 atom stereocenters. The van der Waals surface area contributed by atoms with Crippen molar-refractivity contribution in [2.75, 3.05) is 13.1 Å². The van der Waals surface area contributed by atoms with E-state index < -0.39 is 32.4 Å². The molecule has 2 aliphatic heterocycles. The molecule has 124 valence electrons. The van der Waals surface area contributed by atoms with Gasteiger partial charge in [0.2, 0.25) is 10.0 Å². The molecule has 0 aromatic heterocycles. The van der Waals surface area contributed by atoms with Gasteiger partial charge in [0.15, 0.2) is 11.6 Å². The lowest BCUT2D eigenvalue weighted by atomic mass is 10.1. The Morgan fingerprint density at radius 1 is 1.00 bits per heavy atom. The highest BCUT2D eigenvalue weighted by atomic mass is 35.5. The molecule has 3 rings (SSSR count). The Labute approximate surface area is 133 Å². The summed E-state index contributed by atoms with van der Waals surface area (Å²) >= 11 is 0. The van der Waals surface area contributed by atoms with Crippen LogP contribution in [0.25, 0.3) is 0 Å². The van der Waals surface area contributed by atoms with E-state index in [0.717, 1.165) is 17.1 Å². The van der Waals surface area contributed by atoms with Crippen LogP contribution in [0, 0.1) is 17.5 Å². The van der Waals surface area contributed by atoms with Crippen LogP contribution >= 0.6 is 12.4 Å². The normalized spacial score (nSPS) is 25.6. The number of nitrogens with zero attached hydrogens (tertiary/aromatic N) is 1. The molecule has 0 radical (unpaired) electrons. The summed E-state index contributed by atoms with van der Waals surface area (Å²) in [5.41, 5.74) is 0. The van der Waals surface area contributed by atoms with Gasteiger partial charge >= 0.3 is 0 Å². The van der Waals surface area contributed by atoms with Crippen LogP contribution in [0.5, 0.6) is 0 Å². The van der Waals surface area contributed by atoms with Crippen molar-refractivity contribution in [2.45, 2.75) is 36.2 Å². The highest BCUT2D eigenvalue weighted by molar-refractivity contribution is 7.89. The zero-order chi connectivity index (χ0) is 15.2. The average molecular weight is 357 g/mol. The van der Waals surface area contributed by atoms with Gasteiger partial charge in [-0.05, 0) is 25.3 Å². The molecule has 0 saturated carbocycles. The highest BCUT2D eigenvalue weighted by Gasteiger charge is 2.36. The second-order valence-electron chi connectivity index (χ2n) is 5.49. The topological polar surface area (TPSA) is 49.4 Å². The summed E-state index contributed by atoms with van der Waals surface area (Å²) in [6.45, 7) is 0.464. The van der Waals surface area contributed by atoms with Crippen LogP contribution in [0.3, 0.4) is 0 Å². The van der Waals surface area contributed by atoms with Crippen LogP contribution in [0.2, 0.25) is 0 Å². The van der Waals surface area contributed by atoms with Gasteiger partial charge in [-0.15, -0.1) is 12.4 Å². The van der Waals surface area contributed by atoms with Crippen molar-refractivity contribution in [3.05, 3.63) is 29.6 Å². The first-order valence-electron chi connectivity index (χ1n) is 6.78. The number of fused-ring (bicyclic) bond motifs is 2. The number of hydrogen-bond donors (Lipinski definition) is 1. The number of rotatable bonds is 2. The summed E-state index contributed by atoms with van der Waals surface area (Å²) in [6.07, 6.45) is 2.48. The van der Waals surface area contributed by atoms with E-state index in [-0.39, 0.29) is 43.6 Å². The van der Waals surface area contributed by atoms with E-state index in [1.54, 1.807) is 0 Å². The van der Waals surface area contributed by atoms with Crippen molar-refractivity contribution in [3.8, 4) is 0 Å². The van der Waals surface area contributed by atoms with Gasteiger partial charge in [0.1, 0.15) is 10.7 Å². The molecular weight excluding hydrogens is 341 g/mol. The molecule has 2 saturated heterocycles. The maximum atomic E-state index is 13.7. The molecule has 1 N–H and O–H groups in total. The van der Waals surface area contributed by atoms with Crippen molar-refractivity contribution < 1.29 is 21.6 Å². The van der Waals surface area contributed by atoms with Crippen LogP contribution in [0.15, 0.2) is 17.0 Å². The lowest BCUT2D eigenvalue weighted by molar-refractivity contribution is 0.379. The third-order valence-corrected chi connectivity index (χ3v) is 5.96. The van der Waals surface area contributed by atoms with Crippen molar-refractivity contribution >= 4 is 22.4 Å². The van der Waals surface area contributed by atoms with Gasteiger partial charge in [-0.25, -0.2) is 21.6 Å². The minimum Gasteiger partial charge on any atom is -0.310 e. The lowest BCUT2D eigenvalue weighted by Crippen LogP contribution is -2.39. The summed E-state index contributed by atoms with van der Waals surface area (Å²) in [4.78, 5) is -0.806. The SMILES string of the molecule is Cl.O=S(=O)(c1cc(F)c(F)cc1F)N1CCC2CCC(C1)N2. The van der Waals surface area contributed by atoms with E-state index in [1.807, 2.05) is 0 Å². The number of halogens is 4. The number of benzene rings is 1. The molecule has 0 aliphatic carbocycles. The van der Waals surface area contributed by atoms with E-state index in [1.165, 1.54) is 0 Å². The number of hydrogen-bond acceptors (Lipinski definition) is 3. The standard InChI is InChI=1S/C13H15F3N2O2S.ClH/c14-10-5-12(16)13(6-11(10)15)21(19,20)18-4-3-8-1-2-9(7-18)17-8;/h5-6,8-9,17H,1-4,7H2;1H. The lowest BCUT2D eigenvalue weighted by Gasteiger charge is -2.23. The van der Waals surface area contributed by atoms with Crippen molar-refractivity contribution in [3.63, 3.8) is 0 Å². The van der Waals surface area contributed by atoms with E-state index in [0.29, 0.717) is 12.5 Å². The Morgan fingerprint density at radius 3 is 2.36 bits per heavy atom. The Hall–Kier alpha value is -0.830. The van der Waals surface area contributed by atoms with Crippen LogP contribution in [0.4, 0.5) is 13.2 Å². The molecule has 2 fully saturated rings. The molecule has 2 unspecified atom stereocenters. The summed E-state index contributed by atoms with van der Waals surface area (Å²) in [5, 5.41) is 3.31. The fourth-order valence-electron chi connectivity index (χ4n) is 2.97. The van der Waals surface area contributed by atoms with Crippen molar-refractivity contribution in [1.29, 1.82) is 0 Å². The minimum absolute atomic E-state index is 0. The second-order valence-corrected chi connectivity index (χ2v) is 7.39. The predicted molar refractivity (Wildman–Crippen MR) is 76.9 cm³/mol. The smallest absolute Gasteiger partial charge is 0.246 e. The first-order valence-corrected chi connectivity index (χ1v) is 8.22. The van der Waals surface area contributed by atoms with Crippen molar-refractivity contribution in [2.24, 2.45) is 0 Å². The van der Waals surface area contributed by atoms with Gasteiger partial charge in [0.05, 0.1) is 0 Å². The molecular formula is C13H16ClF3N2O2S. The van der Waals surface area contributed by atoms with E-state index in [9.17, 15) is 21.6 Å². The van der Waals surface area contributed by atoms with Gasteiger partial charge in [-0.2, -0.15) is 4.31 Å². The first-order chi connectivity index (χ1) is 9.88. The zero-order valence-electron chi connectivity index (χ0n) is 11.6. The zero-order valence-corrected chi connectivity index (χ0v) is 13.2. The fraction of sp³-hybridized carbons (Fsp3) is 0.538. The highest BCUT2D eigenvalue weighted by Crippen LogP contribution is 2.27. The quantitative estimate of drug-likeness (QED) is 0.825. The molecule has 1 aromatic rings. The largest absolute Gasteiger partial charge is 0.310 e. The summed E-state index contributed by atoms with van der Waals surface area (Å²) in [5.74, 6) is -4.04. The fourth-order valence-corrected chi connectivity index (χ4v) is 4.53. The van der Waals surface area contributed by atoms with E-state index >= 15 is 0 Å². The van der Waals surface area contributed by atoms with E-state index in [4.69, 9.17) is 0 Å². The average Bonchev–Trinajstić information content (AvgIpc) is 2.72. The van der Waals surface area contributed by atoms with Gasteiger partial charge < -0.3 is 5.32 Å². The maximum absolute atomic E-state index is 13.7. The molecule has 2 aliphatic rings. The predicted octanol–water partition coefficient (Wildman–Crippen LogP) is 2.04. The second kappa shape index (κ2) is 6.35. The summed E-state index contributed by atoms with van der Waals surface area (Å²) in [6, 6.07) is 0.978. The summed E-state index contributed by atoms with van der Waals surface area (Å²) in [7, 11) is -4.17. The van der Waals surface area contributed by atoms with Crippen LogP contribution in [0.1, 0.15) is 19.3 Å². The molecule has 4 nitrogen and oxygen atoms in total. The molecule has 0 spiro atoms. The van der Waals surface area contributed by atoms with Crippen molar-refractivity contribution in [1.82, 2.24) is 9.62 Å². The molecule has 9 heteroatoms. The van der Waals surface area contributed by atoms with Gasteiger partial charge in [0.25, 0.3) is 0 Å². The molecule has 1 aromatic carbocycles. The summed E-state index contributed by atoms with van der Waals surface area (Å²) < 4.78 is 66.0. The van der Waals surface area contributed by atoms with Gasteiger partial charge in [-0.1, -0.05) is 0 Å². The Balaban J connectivity index is 0.00000176. The molecule has 2 heterocycles. The Bertz CT molecular complexity index is 671. The molecule has 22 heavy (non-hydrogen) atoms. The molecule has 0 amide bonds. The Morgan fingerprint density at radius 2 is 1.64 bits per heavy atom. The first kappa shape index (κ1) is 17.5.